The van der Waals surface area contributed by atoms with Gasteiger partial charge in [0.15, 0.2) is 5.82 Å². The second-order valence-corrected chi connectivity index (χ2v) is 8.97. The Hall–Kier alpha value is -4.68. The lowest BCUT2D eigenvalue weighted by Crippen LogP contribution is -2.26. The SMILES string of the molecule is O=C(NCc1ccc(F)cc1F)c1cc(-c2cnc(-c3cccnc3)nc2)cn1CC1CC1.O=C(O)C(F)(F)F. The van der Waals surface area contributed by atoms with E-state index < -0.39 is 23.8 Å². The molecule has 3 aromatic heterocycles. The Kier molecular flexibility index (Phi) is 8.51. The van der Waals surface area contributed by atoms with Gasteiger partial charge in [0.25, 0.3) is 5.91 Å². The molecular formula is C27H22F5N5O3. The maximum Gasteiger partial charge on any atom is 0.490 e. The van der Waals surface area contributed by atoms with Crippen molar-refractivity contribution in [1.29, 1.82) is 0 Å². The topological polar surface area (TPSA) is 110 Å². The predicted octanol–water partition coefficient (Wildman–Crippen LogP) is 5.26. The fourth-order valence-electron chi connectivity index (χ4n) is 3.64. The highest BCUT2D eigenvalue weighted by Gasteiger charge is 2.38. The lowest BCUT2D eigenvalue weighted by atomic mass is 10.1. The first-order valence-electron chi connectivity index (χ1n) is 12.0. The molecular weight excluding hydrogens is 537 g/mol. The van der Waals surface area contributed by atoms with Crippen LogP contribution in [0.1, 0.15) is 28.9 Å². The molecule has 0 saturated heterocycles. The van der Waals surface area contributed by atoms with Crippen molar-refractivity contribution in [2.45, 2.75) is 32.1 Å². The second kappa shape index (κ2) is 12.0. The van der Waals surface area contributed by atoms with E-state index >= 15 is 0 Å². The van der Waals surface area contributed by atoms with E-state index in [1.54, 1.807) is 30.9 Å². The predicted molar refractivity (Wildman–Crippen MR) is 133 cm³/mol. The van der Waals surface area contributed by atoms with Crippen molar-refractivity contribution >= 4 is 11.9 Å². The third-order valence-electron chi connectivity index (χ3n) is 5.88. The van der Waals surface area contributed by atoms with Crippen LogP contribution < -0.4 is 5.32 Å². The molecule has 1 aliphatic carbocycles. The van der Waals surface area contributed by atoms with Gasteiger partial charge >= 0.3 is 12.1 Å². The van der Waals surface area contributed by atoms with Crippen LogP contribution in [-0.2, 0) is 17.9 Å². The van der Waals surface area contributed by atoms with Gasteiger partial charge in [-0.05, 0) is 43.0 Å². The lowest BCUT2D eigenvalue weighted by Gasteiger charge is -2.10. The van der Waals surface area contributed by atoms with Crippen LogP contribution in [0.25, 0.3) is 22.5 Å². The maximum absolute atomic E-state index is 13.9. The zero-order valence-electron chi connectivity index (χ0n) is 20.7. The van der Waals surface area contributed by atoms with Gasteiger partial charge in [0.1, 0.15) is 17.3 Å². The molecule has 208 valence electrons. The fourth-order valence-corrected chi connectivity index (χ4v) is 3.64. The summed E-state index contributed by atoms with van der Waals surface area (Å²) in [6, 6.07) is 8.83. The minimum Gasteiger partial charge on any atom is -0.475 e. The number of nitrogens with zero attached hydrogens (tertiary/aromatic N) is 4. The van der Waals surface area contributed by atoms with E-state index in [-0.39, 0.29) is 18.0 Å². The summed E-state index contributed by atoms with van der Waals surface area (Å²) in [6.45, 7) is 0.708. The molecule has 40 heavy (non-hydrogen) atoms. The standard InChI is InChI=1S/C25H21F2N5O.C2HF3O2/c26-21-6-5-17(22(27)9-21)11-31-25(33)23-8-19(15-32(23)14-16-3-4-16)20-12-29-24(30-13-20)18-2-1-7-28-10-18;3-2(4,5)1(6)7/h1-2,5-10,12-13,15-16H,3-4,11,14H2,(H,31,33);(H,6,7). The van der Waals surface area contributed by atoms with Gasteiger partial charge in [-0.2, -0.15) is 13.2 Å². The fraction of sp³-hybridized carbons (Fsp3) is 0.222. The number of carbonyl (C=O) groups is 2. The van der Waals surface area contributed by atoms with Crippen molar-refractivity contribution in [1.82, 2.24) is 24.8 Å². The molecule has 0 atom stereocenters. The van der Waals surface area contributed by atoms with Crippen LogP contribution >= 0.6 is 0 Å². The number of aliphatic carboxylic acids is 1. The molecule has 0 bridgehead atoms. The molecule has 5 rings (SSSR count). The zero-order chi connectivity index (χ0) is 28.9. The Labute approximate surface area is 224 Å². The number of rotatable bonds is 7. The number of pyridine rings is 1. The molecule has 8 nitrogen and oxygen atoms in total. The van der Waals surface area contributed by atoms with Gasteiger partial charge in [0.2, 0.25) is 0 Å². The van der Waals surface area contributed by atoms with Gasteiger partial charge in [-0.15, -0.1) is 0 Å². The number of hydrogen-bond acceptors (Lipinski definition) is 5. The van der Waals surface area contributed by atoms with Crippen molar-refractivity contribution < 1.29 is 36.6 Å². The van der Waals surface area contributed by atoms with Gasteiger partial charge in [-0.3, -0.25) is 9.78 Å². The smallest absolute Gasteiger partial charge is 0.475 e. The van der Waals surface area contributed by atoms with E-state index in [0.29, 0.717) is 17.4 Å². The number of nitrogens with one attached hydrogen (secondary N) is 1. The number of carbonyl (C=O) groups excluding carboxylic acids is 1. The number of amides is 1. The van der Waals surface area contributed by atoms with Gasteiger partial charge in [0, 0.05) is 72.4 Å². The lowest BCUT2D eigenvalue weighted by molar-refractivity contribution is -0.192. The summed E-state index contributed by atoms with van der Waals surface area (Å²) in [4.78, 5) is 34.8. The van der Waals surface area contributed by atoms with E-state index in [4.69, 9.17) is 9.90 Å². The number of carboxylic acid groups (broad SMARTS) is 1. The molecule has 2 N–H and O–H groups in total. The third kappa shape index (κ3) is 7.46. The Morgan fingerprint density at radius 1 is 1.00 bits per heavy atom. The molecule has 1 amide bonds. The number of halogens is 5. The number of hydrogen-bond donors (Lipinski definition) is 2. The summed E-state index contributed by atoms with van der Waals surface area (Å²) in [6.07, 6.45) is 5.96. The average molecular weight is 559 g/mol. The molecule has 1 aliphatic rings. The molecule has 1 saturated carbocycles. The first kappa shape index (κ1) is 28.3. The Bertz CT molecular complexity index is 1490. The van der Waals surface area contributed by atoms with Crippen LogP contribution in [0.5, 0.6) is 0 Å². The molecule has 13 heteroatoms. The van der Waals surface area contributed by atoms with Gasteiger partial charge in [-0.25, -0.2) is 23.5 Å². The van der Waals surface area contributed by atoms with E-state index in [0.717, 1.165) is 42.1 Å². The Morgan fingerprint density at radius 3 is 2.27 bits per heavy atom. The summed E-state index contributed by atoms with van der Waals surface area (Å²) >= 11 is 0. The van der Waals surface area contributed by atoms with Crippen molar-refractivity contribution in [2.75, 3.05) is 0 Å². The largest absolute Gasteiger partial charge is 0.490 e. The number of alkyl halides is 3. The molecule has 0 aliphatic heterocycles. The van der Waals surface area contributed by atoms with Crippen LogP contribution in [0.2, 0.25) is 0 Å². The molecule has 0 radical (unpaired) electrons. The summed E-state index contributed by atoms with van der Waals surface area (Å²) < 4.78 is 60.7. The van der Waals surface area contributed by atoms with Crippen LogP contribution in [0.4, 0.5) is 22.0 Å². The summed E-state index contributed by atoms with van der Waals surface area (Å²) in [5, 5.41) is 9.87. The quantitative estimate of drug-likeness (QED) is 0.299. The van der Waals surface area contributed by atoms with Gasteiger partial charge < -0.3 is 15.0 Å². The average Bonchev–Trinajstić information content (AvgIpc) is 3.64. The highest BCUT2D eigenvalue weighted by molar-refractivity contribution is 5.94. The van der Waals surface area contributed by atoms with Crippen LogP contribution in [0.3, 0.4) is 0 Å². The third-order valence-corrected chi connectivity index (χ3v) is 5.88. The first-order valence-corrected chi connectivity index (χ1v) is 12.0. The molecule has 1 fully saturated rings. The number of carboxylic acids is 1. The maximum atomic E-state index is 13.9. The highest BCUT2D eigenvalue weighted by Crippen LogP contribution is 2.32. The molecule has 4 aromatic rings. The molecule has 3 heterocycles. The van der Waals surface area contributed by atoms with E-state index in [1.807, 2.05) is 22.9 Å². The van der Waals surface area contributed by atoms with E-state index in [2.05, 4.69) is 20.3 Å². The minimum atomic E-state index is -5.08. The van der Waals surface area contributed by atoms with Gasteiger partial charge in [0.05, 0.1) is 0 Å². The van der Waals surface area contributed by atoms with Crippen LogP contribution in [0, 0.1) is 17.6 Å². The van der Waals surface area contributed by atoms with Crippen LogP contribution in [-0.4, -0.2) is 42.7 Å². The summed E-state index contributed by atoms with van der Waals surface area (Å²) in [5.41, 5.74) is 3.14. The van der Waals surface area contributed by atoms with Crippen LogP contribution in [0.15, 0.2) is 67.4 Å². The molecule has 0 unspecified atom stereocenters. The summed E-state index contributed by atoms with van der Waals surface area (Å²) in [5.74, 6) is -3.29. The number of benzene rings is 1. The van der Waals surface area contributed by atoms with Crippen molar-refractivity contribution in [3.63, 3.8) is 0 Å². The monoisotopic (exact) mass is 559 g/mol. The number of aromatic nitrogens is 4. The Balaban J connectivity index is 0.000000470. The highest BCUT2D eigenvalue weighted by atomic mass is 19.4. The normalized spacial score (nSPS) is 12.8. The van der Waals surface area contributed by atoms with Crippen molar-refractivity contribution in [3.8, 4) is 22.5 Å². The van der Waals surface area contributed by atoms with E-state index in [9.17, 15) is 26.7 Å². The molecule has 0 spiro atoms. The van der Waals surface area contributed by atoms with Crippen molar-refractivity contribution in [3.05, 3.63) is 90.3 Å². The first-order chi connectivity index (χ1) is 19.0. The summed E-state index contributed by atoms with van der Waals surface area (Å²) in [7, 11) is 0. The van der Waals surface area contributed by atoms with E-state index in [1.165, 1.54) is 12.1 Å². The Morgan fingerprint density at radius 2 is 1.70 bits per heavy atom. The zero-order valence-corrected chi connectivity index (χ0v) is 20.7. The minimum absolute atomic E-state index is 0.0300. The molecule has 1 aromatic carbocycles. The second-order valence-electron chi connectivity index (χ2n) is 8.97. The van der Waals surface area contributed by atoms with Crippen molar-refractivity contribution in [2.24, 2.45) is 5.92 Å². The van der Waals surface area contributed by atoms with Gasteiger partial charge in [-0.1, -0.05) is 6.07 Å².